The number of rotatable bonds is 6. The molecule has 7 heteroatoms. The standard InChI is InChI=1S/C22H19BrO6/c1-4-27-21(26)22(2,3)29-16-8-5-13(6-9-16)19(24)17-12-14-11-15(23)7-10-18(14)28-20(17)25/h5-12H,4H2,1-3H3. The molecule has 0 N–H and O–H groups in total. The van der Waals surface area contributed by atoms with Gasteiger partial charge in [-0.25, -0.2) is 9.59 Å². The van der Waals surface area contributed by atoms with Gasteiger partial charge < -0.3 is 13.9 Å². The third-order valence-corrected chi connectivity index (χ3v) is 4.69. The summed E-state index contributed by atoms with van der Waals surface area (Å²) in [7, 11) is 0. The number of ketones is 1. The number of benzene rings is 2. The average molecular weight is 459 g/mol. The highest BCUT2D eigenvalue weighted by Gasteiger charge is 2.31. The van der Waals surface area contributed by atoms with Gasteiger partial charge in [0.15, 0.2) is 11.4 Å². The van der Waals surface area contributed by atoms with E-state index in [1.54, 1.807) is 51.1 Å². The average Bonchev–Trinajstić information content (AvgIpc) is 2.68. The van der Waals surface area contributed by atoms with E-state index in [0.29, 0.717) is 22.3 Å². The summed E-state index contributed by atoms with van der Waals surface area (Å²) in [6.45, 7) is 5.17. The smallest absolute Gasteiger partial charge is 0.349 e. The van der Waals surface area contributed by atoms with Crippen LogP contribution in [0.4, 0.5) is 0 Å². The first-order valence-corrected chi connectivity index (χ1v) is 9.75. The fourth-order valence-corrected chi connectivity index (χ4v) is 3.10. The molecular weight excluding hydrogens is 440 g/mol. The number of ether oxygens (including phenoxy) is 2. The van der Waals surface area contributed by atoms with Gasteiger partial charge in [-0.05, 0) is 69.3 Å². The van der Waals surface area contributed by atoms with Gasteiger partial charge in [0.05, 0.1) is 6.61 Å². The lowest BCUT2D eigenvalue weighted by Crippen LogP contribution is -2.39. The number of fused-ring (bicyclic) bond motifs is 1. The van der Waals surface area contributed by atoms with Crippen LogP contribution in [0.2, 0.25) is 0 Å². The van der Waals surface area contributed by atoms with Gasteiger partial charge in [0.25, 0.3) is 0 Å². The van der Waals surface area contributed by atoms with E-state index in [4.69, 9.17) is 13.9 Å². The summed E-state index contributed by atoms with van der Waals surface area (Å²) in [5.74, 6) is -0.550. The second-order valence-corrected chi connectivity index (χ2v) is 7.73. The third kappa shape index (κ3) is 4.56. The Hall–Kier alpha value is -2.93. The van der Waals surface area contributed by atoms with E-state index in [-0.39, 0.29) is 12.2 Å². The maximum atomic E-state index is 12.8. The highest BCUT2D eigenvalue weighted by molar-refractivity contribution is 9.10. The Bertz CT molecular complexity index is 1130. The first-order chi connectivity index (χ1) is 13.7. The van der Waals surface area contributed by atoms with Gasteiger partial charge in [-0.1, -0.05) is 15.9 Å². The predicted molar refractivity (Wildman–Crippen MR) is 111 cm³/mol. The van der Waals surface area contributed by atoms with Gasteiger partial charge in [0.1, 0.15) is 16.9 Å². The van der Waals surface area contributed by atoms with Crippen LogP contribution >= 0.6 is 15.9 Å². The van der Waals surface area contributed by atoms with E-state index in [1.165, 1.54) is 18.2 Å². The van der Waals surface area contributed by atoms with Crippen LogP contribution in [0.3, 0.4) is 0 Å². The summed E-state index contributed by atoms with van der Waals surface area (Å²) in [4.78, 5) is 37.0. The largest absolute Gasteiger partial charge is 0.476 e. The van der Waals surface area contributed by atoms with E-state index in [1.807, 2.05) is 0 Å². The normalized spacial score (nSPS) is 11.3. The monoisotopic (exact) mass is 458 g/mol. The Kier molecular flexibility index (Phi) is 5.88. The fraction of sp³-hybridized carbons (Fsp3) is 0.227. The van der Waals surface area contributed by atoms with Crippen molar-refractivity contribution in [1.82, 2.24) is 0 Å². The van der Waals surface area contributed by atoms with E-state index in [0.717, 1.165) is 4.47 Å². The summed E-state index contributed by atoms with van der Waals surface area (Å²) in [6, 6.07) is 12.9. The fourth-order valence-electron chi connectivity index (χ4n) is 2.72. The van der Waals surface area contributed by atoms with Crippen LogP contribution in [0, 0.1) is 0 Å². The number of hydrogen-bond acceptors (Lipinski definition) is 6. The third-order valence-electron chi connectivity index (χ3n) is 4.20. The zero-order chi connectivity index (χ0) is 21.2. The van der Waals surface area contributed by atoms with Crippen molar-refractivity contribution >= 4 is 38.7 Å². The molecule has 150 valence electrons. The topological polar surface area (TPSA) is 82.8 Å². The van der Waals surface area contributed by atoms with E-state index < -0.39 is 23.0 Å². The second kappa shape index (κ2) is 8.21. The molecule has 0 unspecified atom stereocenters. The Balaban J connectivity index is 1.86. The molecule has 1 heterocycles. The first kappa shape index (κ1) is 20.8. The molecule has 1 aromatic heterocycles. The molecule has 2 aromatic carbocycles. The summed E-state index contributed by atoms with van der Waals surface area (Å²) in [5, 5.41) is 0.637. The molecule has 3 rings (SSSR count). The zero-order valence-corrected chi connectivity index (χ0v) is 17.7. The van der Waals surface area contributed by atoms with Gasteiger partial charge >= 0.3 is 11.6 Å². The van der Waals surface area contributed by atoms with Crippen molar-refractivity contribution in [2.24, 2.45) is 0 Å². The summed E-state index contributed by atoms with van der Waals surface area (Å²) >= 11 is 3.36. The van der Waals surface area contributed by atoms with Gasteiger partial charge in [-0.2, -0.15) is 0 Å². The lowest BCUT2D eigenvalue weighted by molar-refractivity contribution is -0.158. The van der Waals surface area contributed by atoms with Gasteiger partial charge in [0, 0.05) is 15.4 Å². The molecule has 0 aliphatic heterocycles. The molecule has 6 nitrogen and oxygen atoms in total. The maximum Gasteiger partial charge on any atom is 0.349 e. The minimum atomic E-state index is -1.17. The maximum absolute atomic E-state index is 12.8. The molecule has 0 saturated carbocycles. The number of hydrogen-bond donors (Lipinski definition) is 0. The minimum Gasteiger partial charge on any atom is -0.476 e. The highest BCUT2D eigenvalue weighted by atomic mass is 79.9. The van der Waals surface area contributed by atoms with E-state index in [2.05, 4.69) is 15.9 Å². The van der Waals surface area contributed by atoms with Crippen LogP contribution in [-0.4, -0.2) is 24.0 Å². The lowest BCUT2D eigenvalue weighted by atomic mass is 10.0. The number of carbonyl (C=O) groups is 2. The van der Waals surface area contributed by atoms with Crippen molar-refractivity contribution in [2.45, 2.75) is 26.4 Å². The number of carbonyl (C=O) groups excluding carboxylic acids is 2. The Labute approximate surface area is 175 Å². The molecule has 0 atom stereocenters. The summed E-state index contributed by atoms with van der Waals surface area (Å²) in [6.07, 6.45) is 0. The van der Waals surface area contributed by atoms with Crippen molar-refractivity contribution in [3.63, 3.8) is 0 Å². The van der Waals surface area contributed by atoms with Gasteiger partial charge in [0.2, 0.25) is 0 Å². The number of halogens is 1. The van der Waals surface area contributed by atoms with Crippen molar-refractivity contribution in [1.29, 1.82) is 0 Å². The molecule has 0 bridgehead atoms. The van der Waals surface area contributed by atoms with E-state index in [9.17, 15) is 14.4 Å². The van der Waals surface area contributed by atoms with E-state index >= 15 is 0 Å². The van der Waals surface area contributed by atoms with Crippen molar-refractivity contribution < 1.29 is 23.5 Å². The molecule has 0 saturated heterocycles. The molecular formula is C22H19BrO6. The molecule has 0 radical (unpaired) electrons. The van der Waals surface area contributed by atoms with Crippen molar-refractivity contribution in [3.05, 3.63) is 74.6 Å². The SMILES string of the molecule is CCOC(=O)C(C)(C)Oc1ccc(C(=O)c2cc3cc(Br)ccc3oc2=O)cc1. The molecule has 0 amide bonds. The van der Waals surface area contributed by atoms with Gasteiger partial charge in [-0.3, -0.25) is 4.79 Å². The Morgan fingerprint density at radius 2 is 1.76 bits per heavy atom. The summed E-state index contributed by atoms with van der Waals surface area (Å²) in [5.41, 5.74) is -1.23. The Morgan fingerprint density at radius 3 is 2.41 bits per heavy atom. The Morgan fingerprint density at radius 1 is 1.07 bits per heavy atom. The molecule has 0 spiro atoms. The second-order valence-electron chi connectivity index (χ2n) is 6.82. The zero-order valence-electron chi connectivity index (χ0n) is 16.2. The van der Waals surface area contributed by atoms with Crippen LogP contribution in [0.15, 0.2) is 62.2 Å². The van der Waals surface area contributed by atoms with Crippen LogP contribution in [0.5, 0.6) is 5.75 Å². The molecule has 29 heavy (non-hydrogen) atoms. The van der Waals surface area contributed by atoms with Crippen molar-refractivity contribution in [2.75, 3.05) is 6.61 Å². The molecule has 0 aliphatic carbocycles. The van der Waals surface area contributed by atoms with Crippen molar-refractivity contribution in [3.8, 4) is 5.75 Å². The van der Waals surface area contributed by atoms with Gasteiger partial charge in [-0.15, -0.1) is 0 Å². The van der Waals surface area contributed by atoms with Crippen LogP contribution in [-0.2, 0) is 9.53 Å². The summed E-state index contributed by atoms with van der Waals surface area (Å²) < 4.78 is 16.7. The molecule has 0 aliphatic rings. The highest BCUT2D eigenvalue weighted by Crippen LogP contribution is 2.23. The minimum absolute atomic E-state index is 0.0591. The first-order valence-electron chi connectivity index (χ1n) is 8.95. The van der Waals surface area contributed by atoms with Crippen LogP contribution < -0.4 is 10.4 Å². The lowest BCUT2D eigenvalue weighted by Gasteiger charge is -2.24. The molecule has 3 aromatic rings. The molecule has 0 fully saturated rings. The predicted octanol–water partition coefficient (Wildman–Crippen LogP) is 4.51. The quantitative estimate of drug-likeness (QED) is 0.307. The number of esters is 1. The van der Waals surface area contributed by atoms with Crippen LogP contribution in [0.25, 0.3) is 11.0 Å². The van der Waals surface area contributed by atoms with Crippen LogP contribution in [0.1, 0.15) is 36.7 Å².